The lowest BCUT2D eigenvalue weighted by molar-refractivity contribution is -0.136. The summed E-state index contributed by atoms with van der Waals surface area (Å²) in [7, 11) is -4.08. The lowest BCUT2D eigenvalue weighted by Crippen LogP contribution is -2.10. The highest BCUT2D eigenvalue weighted by Crippen LogP contribution is 2.29. The van der Waals surface area contributed by atoms with Crippen LogP contribution in [-0.2, 0) is 19.8 Å². The predicted molar refractivity (Wildman–Crippen MR) is 101 cm³/mol. The third-order valence-corrected chi connectivity index (χ3v) is 5.44. The molecule has 0 amide bonds. The molecular formula is C17H11BrClNO5S. The minimum absolute atomic E-state index is 0.0403. The Labute approximate surface area is 163 Å². The quantitative estimate of drug-likeness (QED) is 0.391. The van der Waals surface area contributed by atoms with Crippen LogP contribution in [0.4, 0.5) is 0 Å². The van der Waals surface area contributed by atoms with Gasteiger partial charge in [-0.15, -0.1) is 0 Å². The van der Waals surface area contributed by atoms with Crippen LogP contribution in [-0.4, -0.2) is 20.1 Å². The average molecular weight is 457 g/mol. The van der Waals surface area contributed by atoms with Gasteiger partial charge in [0.25, 0.3) is 0 Å². The summed E-state index contributed by atoms with van der Waals surface area (Å²) in [6.07, 6.45) is 1.46. The number of benzene rings is 2. The van der Waals surface area contributed by atoms with Gasteiger partial charge in [0.05, 0.1) is 11.3 Å². The smallest absolute Gasteiger partial charge is 0.367 e. The van der Waals surface area contributed by atoms with Crippen molar-refractivity contribution in [2.45, 2.75) is 11.8 Å². The van der Waals surface area contributed by atoms with Crippen LogP contribution in [0.2, 0.25) is 5.02 Å². The van der Waals surface area contributed by atoms with Crippen molar-refractivity contribution < 1.29 is 22.2 Å². The summed E-state index contributed by atoms with van der Waals surface area (Å²) in [6, 6.07) is 10.3. The molecule has 0 spiro atoms. The fourth-order valence-electron chi connectivity index (χ4n) is 2.15. The summed E-state index contributed by atoms with van der Waals surface area (Å²) in [5.41, 5.74) is 0.985. The van der Waals surface area contributed by atoms with Crippen molar-refractivity contribution in [1.82, 2.24) is 0 Å². The van der Waals surface area contributed by atoms with E-state index in [0.717, 1.165) is 0 Å². The molecular weight excluding hydrogens is 446 g/mol. The van der Waals surface area contributed by atoms with Crippen molar-refractivity contribution >= 4 is 55.4 Å². The molecule has 1 heterocycles. The lowest BCUT2D eigenvalue weighted by Gasteiger charge is -2.10. The number of rotatable bonds is 4. The Balaban J connectivity index is 2.01. The fourth-order valence-corrected chi connectivity index (χ4v) is 3.61. The normalized spacial score (nSPS) is 15.7. The van der Waals surface area contributed by atoms with Gasteiger partial charge < -0.3 is 9.02 Å². The van der Waals surface area contributed by atoms with Gasteiger partial charge >= 0.3 is 16.1 Å². The summed E-state index contributed by atoms with van der Waals surface area (Å²) in [6.45, 7) is 1.61. The van der Waals surface area contributed by atoms with Crippen LogP contribution < -0.4 is 4.18 Å². The van der Waals surface area contributed by atoms with Crippen LogP contribution in [0, 0.1) is 0 Å². The standard InChI is InChI=1S/C17H11BrClNO5S/c1-10-15(17(21)24-20-10)9-11-8-12(18)2-7-16(11)25-26(22,23)14-5-3-13(19)4-6-14/h2-9H,1H3/b15-9-. The van der Waals surface area contributed by atoms with Gasteiger partial charge in [0, 0.05) is 15.1 Å². The van der Waals surface area contributed by atoms with Crippen molar-refractivity contribution in [3.05, 3.63) is 63.1 Å². The molecule has 6 nitrogen and oxygen atoms in total. The Kier molecular flexibility index (Phi) is 5.17. The first-order chi connectivity index (χ1) is 12.3. The fraction of sp³-hybridized carbons (Fsp3) is 0.0588. The number of hydrogen-bond acceptors (Lipinski definition) is 6. The van der Waals surface area contributed by atoms with Gasteiger partial charge in [-0.05, 0) is 55.5 Å². The number of hydrogen-bond donors (Lipinski definition) is 0. The summed E-state index contributed by atoms with van der Waals surface area (Å²) in [5.74, 6) is -0.558. The molecule has 0 aromatic heterocycles. The number of nitrogens with zero attached hydrogens (tertiary/aromatic N) is 1. The second-order valence-electron chi connectivity index (χ2n) is 5.29. The van der Waals surface area contributed by atoms with E-state index in [9.17, 15) is 13.2 Å². The van der Waals surface area contributed by atoms with E-state index < -0.39 is 16.1 Å². The molecule has 0 bridgehead atoms. The summed E-state index contributed by atoms with van der Waals surface area (Å²) >= 11 is 9.10. The van der Waals surface area contributed by atoms with Crippen molar-refractivity contribution in [3.63, 3.8) is 0 Å². The summed E-state index contributed by atoms with van der Waals surface area (Å²) in [4.78, 5) is 16.3. The average Bonchev–Trinajstić information content (AvgIpc) is 2.89. The second kappa shape index (κ2) is 7.22. The highest BCUT2D eigenvalue weighted by molar-refractivity contribution is 9.10. The summed E-state index contributed by atoms with van der Waals surface area (Å²) < 4.78 is 31.0. The molecule has 1 aliphatic heterocycles. The zero-order valence-corrected chi connectivity index (χ0v) is 16.4. The minimum atomic E-state index is -4.08. The molecule has 0 saturated carbocycles. The molecule has 0 atom stereocenters. The SMILES string of the molecule is CC1=NOC(=O)/C1=C\c1cc(Br)ccc1OS(=O)(=O)c1ccc(Cl)cc1. The zero-order valence-electron chi connectivity index (χ0n) is 13.3. The predicted octanol–water partition coefficient (Wildman–Crippen LogP) is 4.19. The first kappa shape index (κ1) is 18.6. The van der Waals surface area contributed by atoms with Gasteiger partial charge in [-0.3, -0.25) is 0 Å². The van der Waals surface area contributed by atoms with E-state index >= 15 is 0 Å². The molecule has 0 fully saturated rings. The van der Waals surface area contributed by atoms with Crippen LogP contribution in [0.3, 0.4) is 0 Å². The first-order valence-corrected chi connectivity index (χ1v) is 9.82. The highest BCUT2D eigenvalue weighted by Gasteiger charge is 2.24. The van der Waals surface area contributed by atoms with E-state index in [4.69, 9.17) is 15.8 Å². The van der Waals surface area contributed by atoms with Crippen LogP contribution in [0.5, 0.6) is 5.75 Å². The van der Waals surface area contributed by atoms with Crippen LogP contribution in [0.15, 0.2) is 62.6 Å². The first-order valence-electron chi connectivity index (χ1n) is 7.24. The molecule has 0 saturated heterocycles. The monoisotopic (exact) mass is 455 g/mol. The third-order valence-electron chi connectivity index (χ3n) is 3.45. The van der Waals surface area contributed by atoms with Crippen LogP contribution in [0.1, 0.15) is 12.5 Å². The minimum Gasteiger partial charge on any atom is -0.378 e. The van der Waals surface area contributed by atoms with Gasteiger partial charge in [0.15, 0.2) is 0 Å². The Bertz CT molecular complexity index is 1050. The maximum Gasteiger partial charge on any atom is 0.367 e. The van der Waals surface area contributed by atoms with Gasteiger partial charge in [0.2, 0.25) is 0 Å². The van der Waals surface area contributed by atoms with Crippen molar-refractivity contribution in [1.29, 1.82) is 0 Å². The van der Waals surface area contributed by atoms with E-state index in [-0.39, 0.29) is 16.2 Å². The van der Waals surface area contributed by atoms with E-state index in [2.05, 4.69) is 25.9 Å². The molecule has 26 heavy (non-hydrogen) atoms. The molecule has 0 aliphatic carbocycles. The molecule has 3 rings (SSSR count). The Morgan fingerprint density at radius 2 is 1.88 bits per heavy atom. The van der Waals surface area contributed by atoms with E-state index in [1.54, 1.807) is 19.1 Å². The number of carbonyl (C=O) groups is 1. The molecule has 0 N–H and O–H groups in total. The van der Waals surface area contributed by atoms with Crippen LogP contribution in [0.25, 0.3) is 6.08 Å². The van der Waals surface area contributed by atoms with Gasteiger partial charge in [-0.2, -0.15) is 8.42 Å². The molecule has 9 heteroatoms. The van der Waals surface area contributed by atoms with E-state index in [1.165, 1.54) is 36.4 Å². The van der Waals surface area contributed by atoms with Crippen molar-refractivity contribution in [2.24, 2.45) is 5.16 Å². The van der Waals surface area contributed by atoms with Gasteiger partial charge in [-0.25, -0.2) is 4.79 Å². The maximum atomic E-state index is 12.5. The molecule has 1 aliphatic rings. The summed E-state index contributed by atoms with van der Waals surface area (Å²) in [5, 5.41) is 4.00. The lowest BCUT2D eigenvalue weighted by atomic mass is 10.1. The Morgan fingerprint density at radius 1 is 1.19 bits per heavy atom. The molecule has 2 aromatic rings. The second-order valence-corrected chi connectivity index (χ2v) is 8.19. The molecule has 0 radical (unpaired) electrons. The van der Waals surface area contributed by atoms with E-state index in [1.807, 2.05) is 0 Å². The van der Waals surface area contributed by atoms with Gasteiger partial charge in [0.1, 0.15) is 10.6 Å². The van der Waals surface area contributed by atoms with Gasteiger partial charge in [-0.1, -0.05) is 32.7 Å². The van der Waals surface area contributed by atoms with Crippen molar-refractivity contribution in [3.8, 4) is 5.75 Å². The molecule has 134 valence electrons. The molecule has 2 aromatic carbocycles. The molecule has 0 unspecified atom stereocenters. The topological polar surface area (TPSA) is 82.0 Å². The highest BCUT2D eigenvalue weighted by atomic mass is 79.9. The van der Waals surface area contributed by atoms with Crippen molar-refractivity contribution in [2.75, 3.05) is 0 Å². The Morgan fingerprint density at radius 3 is 2.50 bits per heavy atom. The maximum absolute atomic E-state index is 12.5. The largest absolute Gasteiger partial charge is 0.378 e. The Hall–Kier alpha value is -2.16. The van der Waals surface area contributed by atoms with E-state index in [0.29, 0.717) is 20.8 Å². The number of carbonyl (C=O) groups excluding carboxylic acids is 1. The number of oxime groups is 1. The zero-order chi connectivity index (χ0) is 18.9. The van der Waals surface area contributed by atoms with Crippen LogP contribution >= 0.6 is 27.5 Å². The third kappa shape index (κ3) is 3.98. The number of halogens is 2.